The Labute approximate surface area is 135 Å². The van der Waals surface area contributed by atoms with E-state index in [1.807, 2.05) is 30.3 Å². The van der Waals surface area contributed by atoms with Gasteiger partial charge in [0.1, 0.15) is 0 Å². The average molecular weight is 368 g/mol. The van der Waals surface area contributed by atoms with Crippen molar-refractivity contribution in [1.29, 1.82) is 0 Å². The van der Waals surface area contributed by atoms with Crippen LogP contribution in [0.2, 0.25) is 0 Å². The first-order valence-electron chi connectivity index (χ1n) is 6.23. The number of hydrogen-bond acceptors (Lipinski definition) is 3. The Morgan fingerprint density at radius 2 is 1.90 bits per heavy atom. The first-order chi connectivity index (χ1) is 10.1. The van der Waals surface area contributed by atoms with Gasteiger partial charge in [-0.2, -0.15) is 0 Å². The molecule has 1 aromatic carbocycles. The van der Waals surface area contributed by atoms with Crippen LogP contribution >= 0.6 is 27.5 Å². The molecule has 21 heavy (non-hydrogen) atoms. The van der Waals surface area contributed by atoms with Crippen LogP contribution in [0.4, 0.5) is 5.69 Å². The molecule has 1 aromatic heterocycles. The van der Waals surface area contributed by atoms with Crippen LogP contribution in [0.5, 0.6) is 0 Å². The summed E-state index contributed by atoms with van der Waals surface area (Å²) in [5, 5.41) is -0.476. The van der Waals surface area contributed by atoms with Crippen LogP contribution in [-0.4, -0.2) is 22.7 Å². The van der Waals surface area contributed by atoms with Gasteiger partial charge in [0, 0.05) is 35.5 Å². The van der Waals surface area contributed by atoms with Crippen molar-refractivity contribution in [1.82, 2.24) is 4.98 Å². The molecule has 0 spiro atoms. The smallest absolute Gasteiger partial charge is 0.259 e. The Morgan fingerprint density at radius 3 is 2.52 bits per heavy atom. The van der Waals surface area contributed by atoms with E-state index in [0.29, 0.717) is 11.3 Å². The lowest BCUT2D eigenvalue weighted by Crippen LogP contribution is -2.32. The minimum Gasteiger partial charge on any atom is -0.308 e. The highest BCUT2D eigenvalue weighted by Gasteiger charge is 2.18. The van der Waals surface area contributed by atoms with Crippen LogP contribution in [0.3, 0.4) is 0 Å². The summed E-state index contributed by atoms with van der Waals surface area (Å²) in [7, 11) is 0. The maximum absolute atomic E-state index is 12.6. The summed E-state index contributed by atoms with van der Waals surface area (Å²) in [5.74, 6) is -0.229. The zero-order chi connectivity index (χ0) is 15.2. The highest BCUT2D eigenvalue weighted by molar-refractivity contribution is 9.10. The second-order valence-corrected chi connectivity index (χ2v) is 5.63. The number of hydrogen-bond donors (Lipinski definition) is 0. The van der Waals surface area contributed by atoms with Gasteiger partial charge in [-0.3, -0.25) is 14.6 Å². The molecule has 0 N–H and O–H groups in total. The number of carbonyl (C=O) groups excluding carboxylic acids is 2. The number of aromatic nitrogens is 1. The number of carbonyl (C=O) groups is 2. The Balaban J connectivity index is 2.30. The van der Waals surface area contributed by atoms with Crippen molar-refractivity contribution in [2.45, 2.75) is 6.42 Å². The third-order valence-electron chi connectivity index (χ3n) is 2.80. The topological polar surface area (TPSA) is 50.3 Å². The molecule has 0 aliphatic carbocycles. The molecule has 0 atom stereocenters. The highest BCUT2D eigenvalue weighted by atomic mass is 79.9. The van der Waals surface area contributed by atoms with Crippen molar-refractivity contribution in [2.24, 2.45) is 0 Å². The fourth-order valence-corrected chi connectivity index (χ4v) is 2.29. The molecule has 0 saturated heterocycles. The Hall–Kier alpha value is -1.72. The number of amides is 1. The summed E-state index contributed by atoms with van der Waals surface area (Å²) in [6, 6.07) is 10.8. The van der Waals surface area contributed by atoms with E-state index in [2.05, 4.69) is 20.9 Å². The van der Waals surface area contributed by atoms with Crippen molar-refractivity contribution < 1.29 is 9.59 Å². The van der Waals surface area contributed by atoms with Gasteiger partial charge < -0.3 is 4.90 Å². The van der Waals surface area contributed by atoms with E-state index in [-0.39, 0.29) is 18.9 Å². The SMILES string of the molecule is O=C(Cl)CCN(C(=O)c1cncc(Br)c1)c1ccccc1. The quantitative estimate of drug-likeness (QED) is 0.758. The Morgan fingerprint density at radius 1 is 1.19 bits per heavy atom. The maximum atomic E-state index is 12.6. The van der Waals surface area contributed by atoms with Crippen LogP contribution in [0.15, 0.2) is 53.3 Å². The summed E-state index contributed by atoms with van der Waals surface area (Å²) >= 11 is 8.68. The fraction of sp³-hybridized carbons (Fsp3) is 0.133. The number of benzene rings is 1. The largest absolute Gasteiger partial charge is 0.308 e. The van der Waals surface area contributed by atoms with Gasteiger partial charge in [-0.25, -0.2) is 0 Å². The molecule has 4 nitrogen and oxygen atoms in total. The van der Waals surface area contributed by atoms with Gasteiger partial charge in [-0.05, 0) is 45.7 Å². The number of rotatable bonds is 5. The number of nitrogens with zero attached hydrogens (tertiary/aromatic N) is 2. The molecule has 2 rings (SSSR count). The first-order valence-corrected chi connectivity index (χ1v) is 7.41. The number of anilines is 1. The van der Waals surface area contributed by atoms with Crippen LogP contribution in [0.1, 0.15) is 16.8 Å². The Bertz CT molecular complexity index is 649. The molecule has 1 amide bonds. The van der Waals surface area contributed by atoms with Crippen molar-refractivity contribution >= 4 is 44.4 Å². The zero-order valence-electron chi connectivity index (χ0n) is 11.0. The van der Waals surface area contributed by atoms with Crippen LogP contribution in [0, 0.1) is 0 Å². The zero-order valence-corrected chi connectivity index (χ0v) is 13.3. The fourth-order valence-electron chi connectivity index (χ4n) is 1.84. The molecule has 0 aliphatic rings. The maximum Gasteiger partial charge on any atom is 0.259 e. The van der Waals surface area contributed by atoms with Crippen LogP contribution in [0.25, 0.3) is 0 Å². The van der Waals surface area contributed by atoms with Gasteiger partial charge in [0.05, 0.1) is 5.56 Å². The van der Waals surface area contributed by atoms with Gasteiger partial charge >= 0.3 is 0 Å². The second-order valence-electron chi connectivity index (χ2n) is 4.29. The predicted molar refractivity (Wildman–Crippen MR) is 85.5 cm³/mol. The van der Waals surface area contributed by atoms with E-state index in [0.717, 1.165) is 4.47 Å². The summed E-state index contributed by atoms with van der Waals surface area (Å²) in [6.45, 7) is 0.220. The molecule has 2 aromatic rings. The monoisotopic (exact) mass is 366 g/mol. The molecular formula is C15H12BrClN2O2. The lowest BCUT2D eigenvalue weighted by molar-refractivity contribution is -0.111. The van der Waals surface area contributed by atoms with Gasteiger partial charge in [-0.15, -0.1) is 0 Å². The van der Waals surface area contributed by atoms with Crippen molar-refractivity contribution in [3.8, 4) is 0 Å². The second kappa shape index (κ2) is 7.33. The number of para-hydroxylation sites is 1. The van der Waals surface area contributed by atoms with E-state index in [1.165, 1.54) is 11.1 Å². The van der Waals surface area contributed by atoms with Crippen LogP contribution < -0.4 is 4.90 Å². The molecule has 0 bridgehead atoms. The third kappa shape index (κ3) is 4.37. The summed E-state index contributed by atoms with van der Waals surface area (Å²) in [6.07, 6.45) is 3.18. The number of halogens is 2. The van der Waals surface area contributed by atoms with Gasteiger partial charge in [-0.1, -0.05) is 18.2 Å². The molecule has 1 heterocycles. The molecule has 0 aliphatic heterocycles. The lowest BCUT2D eigenvalue weighted by atomic mass is 10.2. The average Bonchev–Trinajstić information content (AvgIpc) is 2.48. The summed E-state index contributed by atoms with van der Waals surface area (Å²) < 4.78 is 0.717. The van der Waals surface area contributed by atoms with E-state index in [4.69, 9.17) is 11.6 Å². The first kappa shape index (κ1) is 15.7. The standard InChI is InChI=1S/C15H12BrClN2O2/c16-12-8-11(9-18-10-12)15(21)19(7-6-14(17)20)13-4-2-1-3-5-13/h1-5,8-10H,6-7H2. The van der Waals surface area contributed by atoms with Crippen molar-refractivity contribution in [3.05, 3.63) is 58.8 Å². The predicted octanol–water partition coefficient (Wildman–Crippen LogP) is 3.65. The van der Waals surface area contributed by atoms with Gasteiger partial charge in [0.15, 0.2) is 0 Å². The van der Waals surface area contributed by atoms with E-state index in [1.54, 1.807) is 12.3 Å². The Kier molecular flexibility index (Phi) is 5.47. The van der Waals surface area contributed by atoms with Gasteiger partial charge in [0.2, 0.25) is 5.24 Å². The molecular weight excluding hydrogens is 356 g/mol. The van der Waals surface area contributed by atoms with Crippen LogP contribution in [-0.2, 0) is 4.79 Å². The molecule has 108 valence electrons. The number of pyridine rings is 1. The molecule has 0 radical (unpaired) electrons. The normalized spacial score (nSPS) is 10.2. The third-order valence-corrected chi connectivity index (χ3v) is 3.42. The van der Waals surface area contributed by atoms with Crippen molar-refractivity contribution in [3.63, 3.8) is 0 Å². The van der Waals surface area contributed by atoms with E-state index < -0.39 is 5.24 Å². The van der Waals surface area contributed by atoms with E-state index in [9.17, 15) is 9.59 Å². The lowest BCUT2D eigenvalue weighted by Gasteiger charge is -2.22. The molecule has 6 heteroatoms. The summed E-state index contributed by atoms with van der Waals surface area (Å²) in [5.41, 5.74) is 1.15. The minimum atomic E-state index is -0.476. The molecule has 0 unspecified atom stereocenters. The van der Waals surface area contributed by atoms with Gasteiger partial charge in [0.25, 0.3) is 5.91 Å². The molecule has 0 fully saturated rings. The highest BCUT2D eigenvalue weighted by Crippen LogP contribution is 2.19. The molecule has 0 saturated carbocycles. The summed E-state index contributed by atoms with van der Waals surface area (Å²) in [4.78, 5) is 29.1. The minimum absolute atomic E-state index is 0.0869. The van der Waals surface area contributed by atoms with E-state index >= 15 is 0 Å². The van der Waals surface area contributed by atoms with Crippen molar-refractivity contribution in [2.75, 3.05) is 11.4 Å².